The smallest absolute Gasteiger partial charge is 0.127 e. The molecule has 130 valence electrons. The summed E-state index contributed by atoms with van der Waals surface area (Å²) in [7, 11) is 0. The highest BCUT2D eigenvalue weighted by atomic mass is 15.3. The molecule has 3 aromatic carbocycles. The molecule has 1 aliphatic heterocycles. The van der Waals surface area contributed by atoms with Crippen molar-refractivity contribution in [2.75, 3.05) is 26.2 Å². The average Bonchev–Trinajstić information content (AvgIpc) is 2.70. The highest BCUT2D eigenvalue weighted by Gasteiger charge is 2.23. The second-order valence-corrected chi connectivity index (χ2v) is 7.30. The first-order valence-corrected chi connectivity index (χ1v) is 9.44. The maximum absolute atomic E-state index is 8.91. The van der Waals surface area contributed by atoms with Crippen molar-refractivity contribution in [2.24, 2.45) is 0 Å². The number of rotatable bonds is 4. The van der Waals surface area contributed by atoms with Gasteiger partial charge in [-0.25, -0.2) is 0 Å². The molecule has 0 amide bonds. The fourth-order valence-electron chi connectivity index (χ4n) is 4.01. The summed E-state index contributed by atoms with van der Waals surface area (Å²) in [5.74, 6) is 0. The first-order chi connectivity index (χ1) is 12.8. The molecule has 26 heavy (non-hydrogen) atoms. The van der Waals surface area contributed by atoms with Gasteiger partial charge >= 0.3 is 0 Å². The van der Waals surface area contributed by atoms with Crippen molar-refractivity contribution in [1.29, 1.82) is 5.26 Å². The van der Waals surface area contributed by atoms with Gasteiger partial charge in [0.2, 0.25) is 0 Å². The molecule has 3 aromatic rings. The second-order valence-electron chi connectivity index (χ2n) is 7.30. The molecule has 0 radical (unpaired) electrons. The van der Waals surface area contributed by atoms with Crippen LogP contribution < -0.4 is 9.80 Å². The fraction of sp³-hybridized carbons (Fsp3) is 0.261. The standard InChI is InChI=1S/C23H23N3/c24-16-19-8-10-20(11-9-19)17-25-12-14-26(15-13-25)18-22-6-3-5-21-4-1-2-7-23(21)22/h1-11H,12-15,17-18H2/p+2. The van der Waals surface area contributed by atoms with Gasteiger partial charge in [0.05, 0.1) is 11.6 Å². The SMILES string of the molecule is N#Cc1ccc(C[NH+]2CC[NH+](Cc3cccc4ccccc34)CC2)cc1. The summed E-state index contributed by atoms with van der Waals surface area (Å²) in [5.41, 5.74) is 3.54. The number of hydrogen-bond acceptors (Lipinski definition) is 1. The Hall–Kier alpha value is -2.67. The summed E-state index contributed by atoms with van der Waals surface area (Å²) in [5, 5.41) is 11.6. The number of benzene rings is 3. The summed E-state index contributed by atoms with van der Waals surface area (Å²) >= 11 is 0. The van der Waals surface area contributed by atoms with E-state index in [9.17, 15) is 0 Å². The van der Waals surface area contributed by atoms with E-state index >= 15 is 0 Å². The van der Waals surface area contributed by atoms with Crippen molar-refractivity contribution >= 4 is 10.8 Å². The van der Waals surface area contributed by atoms with Crippen LogP contribution in [-0.4, -0.2) is 26.2 Å². The van der Waals surface area contributed by atoms with Crippen LogP contribution in [0.25, 0.3) is 10.8 Å². The van der Waals surface area contributed by atoms with Gasteiger partial charge in [-0.1, -0.05) is 54.6 Å². The number of hydrogen-bond donors (Lipinski definition) is 2. The minimum Gasteiger partial charge on any atom is -0.322 e. The van der Waals surface area contributed by atoms with Crippen molar-refractivity contribution in [2.45, 2.75) is 13.1 Å². The number of piperazine rings is 1. The molecule has 0 saturated carbocycles. The van der Waals surface area contributed by atoms with Gasteiger partial charge in [-0.05, 0) is 22.9 Å². The van der Waals surface area contributed by atoms with Crippen molar-refractivity contribution in [1.82, 2.24) is 0 Å². The third-order valence-electron chi connectivity index (χ3n) is 5.52. The topological polar surface area (TPSA) is 32.7 Å². The van der Waals surface area contributed by atoms with Crippen molar-refractivity contribution in [3.05, 3.63) is 83.4 Å². The molecule has 0 aromatic heterocycles. The number of nitriles is 1. The number of nitrogens with zero attached hydrogens (tertiary/aromatic N) is 1. The molecule has 0 spiro atoms. The quantitative estimate of drug-likeness (QED) is 0.733. The van der Waals surface area contributed by atoms with Gasteiger partial charge in [0.25, 0.3) is 0 Å². The monoisotopic (exact) mass is 343 g/mol. The van der Waals surface area contributed by atoms with Gasteiger partial charge < -0.3 is 9.80 Å². The van der Waals surface area contributed by atoms with Crippen molar-refractivity contribution in [3.63, 3.8) is 0 Å². The molecular formula is C23H25N3+2. The van der Waals surface area contributed by atoms with Crippen LogP contribution in [0.4, 0.5) is 0 Å². The first-order valence-electron chi connectivity index (χ1n) is 9.44. The van der Waals surface area contributed by atoms with Gasteiger partial charge in [0.15, 0.2) is 0 Å². The molecule has 3 nitrogen and oxygen atoms in total. The van der Waals surface area contributed by atoms with Gasteiger partial charge in [-0.15, -0.1) is 0 Å². The Bertz CT molecular complexity index is 911. The second kappa shape index (κ2) is 7.70. The van der Waals surface area contributed by atoms with E-state index in [0.717, 1.165) is 18.7 Å². The van der Waals surface area contributed by atoms with E-state index in [4.69, 9.17) is 5.26 Å². The largest absolute Gasteiger partial charge is 0.322 e. The number of nitrogens with one attached hydrogen (secondary N) is 2. The lowest BCUT2D eigenvalue weighted by Crippen LogP contribution is -3.27. The van der Waals surface area contributed by atoms with Gasteiger partial charge in [-0.2, -0.15) is 5.26 Å². The summed E-state index contributed by atoms with van der Waals surface area (Å²) in [4.78, 5) is 3.33. The van der Waals surface area contributed by atoms with E-state index in [1.807, 2.05) is 12.1 Å². The van der Waals surface area contributed by atoms with Gasteiger partial charge in [-0.3, -0.25) is 0 Å². The minimum absolute atomic E-state index is 0.744. The summed E-state index contributed by atoms with van der Waals surface area (Å²) in [6.45, 7) is 7.03. The van der Waals surface area contributed by atoms with Crippen LogP contribution in [0, 0.1) is 11.3 Å². The summed E-state index contributed by atoms with van der Waals surface area (Å²) in [6.07, 6.45) is 0. The molecule has 0 bridgehead atoms. The van der Waals surface area contributed by atoms with E-state index in [2.05, 4.69) is 60.7 Å². The molecule has 0 unspecified atom stereocenters. The highest BCUT2D eigenvalue weighted by Crippen LogP contribution is 2.17. The third kappa shape index (κ3) is 3.77. The fourth-order valence-corrected chi connectivity index (χ4v) is 4.01. The Morgan fingerprint density at radius 3 is 2.12 bits per heavy atom. The average molecular weight is 343 g/mol. The van der Waals surface area contributed by atoms with E-state index < -0.39 is 0 Å². The zero-order valence-corrected chi connectivity index (χ0v) is 15.0. The molecule has 2 N–H and O–H groups in total. The Labute approximate surface area is 155 Å². The van der Waals surface area contributed by atoms with Crippen LogP contribution in [0.15, 0.2) is 66.7 Å². The zero-order valence-electron chi connectivity index (χ0n) is 15.0. The summed E-state index contributed by atoms with van der Waals surface area (Å²) < 4.78 is 0. The molecule has 1 fully saturated rings. The number of fused-ring (bicyclic) bond motifs is 1. The lowest BCUT2D eigenvalue weighted by Gasteiger charge is -2.30. The normalized spacial score (nSPS) is 20.0. The zero-order chi connectivity index (χ0) is 17.8. The highest BCUT2D eigenvalue weighted by molar-refractivity contribution is 5.85. The van der Waals surface area contributed by atoms with Gasteiger partial charge in [0.1, 0.15) is 39.3 Å². The third-order valence-corrected chi connectivity index (χ3v) is 5.52. The Morgan fingerprint density at radius 1 is 0.731 bits per heavy atom. The summed E-state index contributed by atoms with van der Waals surface area (Å²) in [6, 6.07) is 25.6. The molecule has 4 rings (SSSR count). The van der Waals surface area contributed by atoms with E-state index in [1.165, 1.54) is 48.1 Å². The van der Waals surface area contributed by atoms with E-state index in [1.54, 1.807) is 9.80 Å². The molecule has 1 saturated heterocycles. The molecule has 1 aliphatic rings. The lowest BCUT2D eigenvalue weighted by molar-refractivity contribution is -1.02. The lowest BCUT2D eigenvalue weighted by atomic mass is 10.0. The molecule has 0 aliphatic carbocycles. The van der Waals surface area contributed by atoms with Crippen LogP contribution in [0.3, 0.4) is 0 Å². The molecule has 0 atom stereocenters. The predicted octanol–water partition coefficient (Wildman–Crippen LogP) is 1.20. The minimum atomic E-state index is 0.744. The first kappa shape index (κ1) is 16.8. The van der Waals surface area contributed by atoms with Crippen LogP contribution in [0.1, 0.15) is 16.7 Å². The van der Waals surface area contributed by atoms with E-state index in [0.29, 0.717) is 0 Å². The Kier molecular flexibility index (Phi) is 4.97. The maximum atomic E-state index is 8.91. The van der Waals surface area contributed by atoms with Crippen LogP contribution >= 0.6 is 0 Å². The maximum Gasteiger partial charge on any atom is 0.127 e. The van der Waals surface area contributed by atoms with Crippen molar-refractivity contribution < 1.29 is 9.80 Å². The predicted molar refractivity (Wildman–Crippen MR) is 104 cm³/mol. The van der Waals surface area contributed by atoms with Crippen LogP contribution in [0.5, 0.6) is 0 Å². The van der Waals surface area contributed by atoms with Crippen LogP contribution in [0.2, 0.25) is 0 Å². The van der Waals surface area contributed by atoms with Gasteiger partial charge in [0, 0.05) is 11.1 Å². The van der Waals surface area contributed by atoms with Crippen molar-refractivity contribution in [3.8, 4) is 6.07 Å². The Balaban J connectivity index is 1.35. The molecule has 3 heteroatoms. The van der Waals surface area contributed by atoms with Crippen LogP contribution in [-0.2, 0) is 13.1 Å². The van der Waals surface area contributed by atoms with E-state index in [-0.39, 0.29) is 0 Å². The number of quaternary nitrogens is 2. The Morgan fingerprint density at radius 2 is 1.38 bits per heavy atom. The molecule has 1 heterocycles. The molecular weight excluding hydrogens is 318 g/mol.